The molecule has 44 heavy (non-hydrogen) atoms. The molecule has 3 aromatic carbocycles. The number of hydrogen-bond acceptors (Lipinski definition) is 11. The van der Waals surface area contributed by atoms with E-state index in [1.165, 1.54) is 72.8 Å². The molecule has 4 N–H and O–H groups in total. The molecule has 0 saturated carbocycles. The molecule has 2 heterocycles. The summed E-state index contributed by atoms with van der Waals surface area (Å²) in [7, 11) is 0. The molecule has 0 unspecified atom stereocenters. The van der Waals surface area contributed by atoms with Crippen molar-refractivity contribution in [2.45, 2.75) is 6.92 Å². The molecule has 3 aromatic rings. The second-order valence-electron chi connectivity index (χ2n) is 9.30. The number of amides is 2. The van der Waals surface area contributed by atoms with Crippen molar-refractivity contribution in [2.75, 3.05) is 5.32 Å². The first kappa shape index (κ1) is 29.0. The molecule has 220 valence electrons. The van der Waals surface area contributed by atoms with Crippen molar-refractivity contribution in [2.24, 2.45) is 0 Å². The van der Waals surface area contributed by atoms with E-state index in [0.29, 0.717) is 0 Å². The van der Waals surface area contributed by atoms with Gasteiger partial charge in [0.25, 0.3) is 11.8 Å². The van der Waals surface area contributed by atoms with Crippen LogP contribution in [0, 0.1) is 0 Å². The number of nitrogens with one attached hydrogen (secondary N) is 2. The first-order valence-corrected chi connectivity index (χ1v) is 12.7. The second kappa shape index (κ2) is 11.8. The Hall–Kier alpha value is -6.50. The van der Waals surface area contributed by atoms with Gasteiger partial charge in [-0.3, -0.25) is 9.59 Å². The lowest BCUT2D eigenvalue weighted by Crippen LogP contribution is -2.22. The Morgan fingerprint density at radius 3 is 1.93 bits per heavy atom. The number of ether oxygens (including phenoxy) is 3. The lowest BCUT2D eigenvalue weighted by molar-refractivity contribution is 0.0425. The van der Waals surface area contributed by atoms with Gasteiger partial charge in [0.05, 0.1) is 34.2 Å². The average Bonchev–Trinajstić information content (AvgIpc) is 3.45. The van der Waals surface area contributed by atoms with Crippen LogP contribution in [-0.2, 0) is 9.47 Å². The van der Waals surface area contributed by atoms with Crippen molar-refractivity contribution < 1.29 is 53.2 Å². The van der Waals surface area contributed by atoms with Crippen LogP contribution in [0.25, 0.3) is 0 Å². The number of aliphatic hydroxyl groups is 1. The number of rotatable bonds is 8. The summed E-state index contributed by atoms with van der Waals surface area (Å²) in [6, 6.07) is 11.7. The fraction of sp³-hybridized carbons (Fsp3) is 0.0323. The standard InChI is InChI=1S/C31H20N2O11/c1-15(32-26(36)16-4-7-20-22(12-16)30(40)43-28(20)38)11-18(3-2-10-34)42-19-6-9-25(35)24(14-19)33-27(37)17-5-8-21-23(13-17)31(41)44-29(21)39/h2-14,34-35H,1H3,(H,32,36)(H,33,37)/b10-2+,15-11+,18-3+. The van der Waals surface area contributed by atoms with E-state index in [-0.39, 0.29) is 62.0 Å². The summed E-state index contributed by atoms with van der Waals surface area (Å²) < 4.78 is 14.9. The van der Waals surface area contributed by atoms with Crippen molar-refractivity contribution in [3.05, 3.63) is 124 Å². The zero-order valence-electron chi connectivity index (χ0n) is 22.6. The van der Waals surface area contributed by atoms with Gasteiger partial charge >= 0.3 is 23.9 Å². The molecule has 0 fully saturated rings. The van der Waals surface area contributed by atoms with Gasteiger partial charge in [0.1, 0.15) is 17.3 Å². The largest absolute Gasteiger partial charge is 0.516 e. The van der Waals surface area contributed by atoms with Gasteiger partial charge in [-0.15, -0.1) is 0 Å². The molecule has 0 bridgehead atoms. The summed E-state index contributed by atoms with van der Waals surface area (Å²) in [6.07, 6.45) is 4.77. The number of hydrogen-bond donors (Lipinski definition) is 4. The molecule has 0 radical (unpaired) electrons. The number of aliphatic hydroxyl groups excluding tert-OH is 1. The van der Waals surface area contributed by atoms with Crippen molar-refractivity contribution in [3.8, 4) is 11.5 Å². The quantitative estimate of drug-likeness (QED) is 0.0967. The van der Waals surface area contributed by atoms with Crippen LogP contribution < -0.4 is 15.4 Å². The Balaban J connectivity index is 1.31. The third kappa shape index (κ3) is 5.92. The Bertz CT molecular complexity index is 1890. The highest BCUT2D eigenvalue weighted by Crippen LogP contribution is 2.30. The first-order valence-electron chi connectivity index (χ1n) is 12.7. The van der Waals surface area contributed by atoms with Gasteiger partial charge in [0.15, 0.2) is 0 Å². The number of esters is 4. The summed E-state index contributed by atoms with van der Waals surface area (Å²) in [5.74, 6) is -4.67. The monoisotopic (exact) mass is 596 g/mol. The smallest absolute Gasteiger partial charge is 0.346 e. The summed E-state index contributed by atoms with van der Waals surface area (Å²) in [5.41, 5.74) is 0.370. The molecule has 5 rings (SSSR count). The van der Waals surface area contributed by atoms with Crippen LogP contribution in [0.3, 0.4) is 0 Å². The molecular weight excluding hydrogens is 576 g/mol. The third-order valence-corrected chi connectivity index (χ3v) is 6.28. The van der Waals surface area contributed by atoms with E-state index in [0.717, 1.165) is 6.26 Å². The van der Waals surface area contributed by atoms with E-state index < -0.39 is 35.7 Å². The number of aromatic hydroxyl groups is 1. The number of anilines is 1. The number of phenols is 1. The normalized spacial score (nSPS) is 14.2. The van der Waals surface area contributed by atoms with Gasteiger partial charge in [0, 0.05) is 22.9 Å². The fourth-order valence-corrected chi connectivity index (χ4v) is 4.21. The number of carbonyl (C=O) groups is 6. The van der Waals surface area contributed by atoms with Gasteiger partial charge in [0.2, 0.25) is 0 Å². The lowest BCUT2D eigenvalue weighted by Gasteiger charge is -2.12. The Morgan fingerprint density at radius 1 is 0.773 bits per heavy atom. The zero-order chi connectivity index (χ0) is 31.5. The van der Waals surface area contributed by atoms with Crippen molar-refractivity contribution in [1.29, 1.82) is 0 Å². The molecule has 0 aromatic heterocycles. The number of fused-ring (bicyclic) bond motifs is 2. The van der Waals surface area contributed by atoms with Crippen LogP contribution in [0.4, 0.5) is 5.69 Å². The number of cyclic esters (lactones) is 4. The van der Waals surface area contributed by atoms with E-state index in [2.05, 4.69) is 20.1 Å². The number of carbonyl (C=O) groups excluding carboxylic acids is 6. The van der Waals surface area contributed by atoms with Crippen LogP contribution in [0.15, 0.2) is 90.5 Å². The average molecular weight is 597 g/mol. The molecule has 0 saturated heterocycles. The van der Waals surface area contributed by atoms with E-state index in [4.69, 9.17) is 9.84 Å². The van der Waals surface area contributed by atoms with Crippen LogP contribution >= 0.6 is 0 Å². The molecule has 13 nitrogen and oxygen atoms in total. The van der Waals surface area contributed by atoms with Crippen LogP contribution in [0.5, 0.6) is 11.5 Å². The minimum atomic E-state index is -0.873. The summed E-state index contributed by atoms with van der Waals surface area (Å²) >= 11 is 0. The number of phenolic OH excluding ortho intramolecular Hbond substituents is 1. The molecule has 2 aliphatic rings. The zero-order valence-corrected chi connectivity index (χ0v) is 22.6. The van der Waals surface area contributed by atoms with E-state index in [1.807, 2.05) is 0 Å². The van der Waals surface area contributed by atoms with E-state index in [9.17, 15) is 33.9 Å². The molecule has 2 amide bonds. The predicted molar refractivity (Wildman–Crippen MR) is 150 cm³/mol. The lowest BCUT2D eigenvalue weighted by atomic mass is 10.1. The minimum absolute atomic E-state index is 0.0229. The topological polar surface area (TPSA) is 195 Å². The number of allylic oxidation sites excluding steroid dienone is 4. The SMILES string of the molecule is C\C(=C/C(=C\C=C\O)Oc1ccc(O)c(NC(=O)c2ccc3c(c2)C(=O)OC3=O)c1)NC(=O)c1ccc2c(c1)C(=O)OC2=O. The van der Waals surface area contributed by atoms with Crippen molar-refractivity contribution >= 4 is 41.4 Å². The van der Waals surface area contributed by atoms with Crippen molar-refractivity contribution in [3.63, 3.8) is 0 Å². The second-order valence-corrected chi connectivity index (χ2v) is 9.30. The number of benzene rings is 3. The van der Waals surface area contributed by atoms with Gasteiger partial charge in [-0.1, -0.05) is 0 Å². The van der Waals surface area contributed by atoms with Gasteiger partial charge in [-0.25, -0.2) is 19.2 Å². The first-order chi connectivity index (χ1) is 21.0. The Kier molecular flexibility index (Phi) is 7.76. The molecule has 2 aliphatic heterocycles. The fourth-order valence-electron chi connectivity index (χ4n) is 4.21. The summed E-state index contributed by atoms with van der Waals surface area (Å²) in [6.45, 7) is 1.55. The highest BCUT2D eigenvalue weighted by molar-refractivity contribution is 6.17. The van der Waals surface area contributed by atoms with E-state index >= 15 is 0 Å². The molecule has 0 spiro atoms. The van der Waals surface area contributed by atoms with Crippen LogP contribution in [0.1, 0.15) is 69.1 Å². The summed E-state index contributed by atoms with van der Waals surface area (Å²) in [5, 5.41) is 24.6. The molecular formula is C31H20N2O11. The third-order valence-electron chi connectivity index (χ3n) is 6.28. The Morgan fingerprint density at radius 2 is 1.34 bits per heavy atom. The highest BCUT2D eigenvalue weighted by Gasteiger charge is 2.31. The van der Waals surface area contributed by atoms with Crippen molar-refractivity contribution in [1.82, 2.24) is 5.32 Å². The van der Waals surface area contributed by atoms with E-state index in [1.54, 1.807) is 6.92 Å². The maximum Gasteiger partial charge on any atom is 0.346 e. The molecule has 0 atom stereocenters. The van der Waals surface area contributed by atoms with Gasteiger partial charge < -0.3 is 35.1 Å². The summed E-state index contributed by atoms with van der Waals surface area (Å²) in [4.78, 5) is 72.6. The maximum atomic E-state index is 12.9. The molecule has 0 aliphatic carbocycles. The minimum Gasteiger partial charge on any atom is -0.516 e. The van der Waals surface area contributed by atoms with Crippen LogP contribution in [-0.4, -0.2) is 45.9 Å². The Labute approximate surface area is 247 Å². The highest BCUT2D eigenvalue weighted by atomic mass is 16.6. The van der Waals surface area contributed by atoms with Crippen LogP contribution in [0.2, 0.25) is 0 Å². The van der Waals surface area contributed by atoms with Gasteiger partial charge in [-0.2, -0.15) is 0 Å². The van der Waals surface area contributed by atoms with Gasteiger partial charge in [-0.05, 0) is 73.7 Å². The maximum absolute atomic E-state index is 12.9. The molecule has 13 heteroatoms. The predicted octanol–water partition coefficient (Wildman–Crippen LogP) is 3.93.